The van der Waals surface area contributed by atoms with Gasteiger partial charge in [0.2, 0.25) is 0 Å². The molecule has 0 aliphatic carbocycles. The van der Waals surface area contributed by atoms with Crippen LogP contribution in [-0.4, -0.2) is 12.3 Å². The van der Waals surface area contributed by atoms with Crippen molar-refractivity contribution in [1.82, 2.24) is 0 Å². The molecule has 0 atom stereocenters. The summed E-state index contributed by atoms with van der Waals surface area (Å²) in [6.07, 6.45) is 7.61. The zero-order chi connectivity index (χ0) is 21.8. The Kier molecular flexibility index (Phi) is 9.09. The summed E-state index contributed by atoms with van der Waals surface area (Å²) in [6, 6.07) is 44.4. The summed E-state index contributed by atoms with van der Waals surface area (Å²) >= 11 is 0. The smallest absolute Gasteiger partial charge is 0.00700 e. The summed E-state index contributed by atoms with van der Waals surface area (Å²) in [5.74, 6) is 0. The van der Waals surface area contributed by atoms with Crippen molar-refractivity contribution in [2.45, 2.75) is 24.6 Å². The highest BCUT2D eigenvalue weighted by molar-refractivity contribution is 7.60. The maximum atomic E-state index is 2.30. The molecule has 0 saturated heterocycles. The number of hydrogen-bond donors (Lipinski definition) is 0. The molecule has 0 saturated carbocycles. The first kappa shape index (κ1) is 22.9. The Morgan fingerprint density at radius 3 is 0.750 bits per heavy atom. The molecular weight excluding hydrogens is 422 g/mol. The zero-order valence-corrected chi connectivity index (χ0v) is 20.5. The largest absolute Gasteiger partial charge is 0.0974 e. The van der Waals surface area contributed by atoms with Crippen LogP contribution in [0.3, 0.4) is 0 Å². The Bertz CT molecular complexity index is 847. The highest BCUT2D eigenvalue weighted by Crippen LogP contribution is 2.50. The summed E-state index contributed by atoms with van der Waals surface area (Å²) in [6.45, 7) is 0. The average Bonchev–Trinajstić information content (AvgIpc) is 2.85. The third-order valence-corrected chi connectivity index (χ3v) is 11.0. The van der Waals surface area contributed by atoms with Crippen LogP contribution in [0.4, 0.5) is 0 Å². The SMILES string of the molecule is c1ccc(CP(CCP(Cc2ccccc2)Cc2ccccc2)Cc2ccccc2)cc1. The van der Waals surface area contributed by atoms with Gasteiger partial charge in [-0.15, -0.1) is 0 Å². The average molecular weight is 455 g/mol. The molecule has 0 N–H and O–H groups in total. The lowest BCUT2D eigenvalue weighted by atomic mass is 10.2. The third-order valence-electron chi connectivity index (χ3n) is 5.73. The second-order valence-electron chi connectivity index (χ2n) is 8.36. The lowest BCUT2D eigenvalue weighted by molar-refractivity contribution is 1.25. The van der Waals surface area contributed by atoms with E-state index in [0.717, 1.165) is 0 Å². The fraction of sp³-hybridized carbons (Fsp3) is 0.200. The van der Waals surface area contributed by atoms with Gasteiger partial charge in [-0.25, -0.2) is 0 Å². The molecule has 4 aromatic carbocycles. The van der Waals surface area contributed by atoms with E-state index in [-0.39, 0.29) is 15.8 Å². The predicted octanol–water partition coefficient (Wildman–Crippen LogP) is 8.75. The molecule has 0 unspecified atom stereocenters. The molecule has 2 heteroatoms. The molecule has 0 spiro atoms. The van der Waals surface area contributed by atoms with Gasteiger partial charge in [-0.2, -0.15) is 0 Å². The highest BCUT2D eigenvalue weighted by Gasteiger charge is 2.16. The standard InChI is InChI=1S/C30H32P2/c1-5-13-27(14-6-1)23-31(24-28-15-7-2-8-16-28)21-22-32(25-29-17-9-3-10-18-29)26-30-19-11-4-12-20-30/h1-20H,21-26H2. The normalized spacial score (nSPS) is 11.2. The van der Waals surface area contributed by atoms with Gasteiger partial charge in [-0.3, -0.25) is 0 Å². The van der Waals surface area contributed by atoms with Crippen LogP contribution >= 0.6 is 15.8 Å². The molecule has 0 amide bonds. The maximum absolute atomic E-state index is 2.30. The van der Waals surface area contributed by atoms with E-state index in [9.17, 15) is 0 Å². The van der Waals surface area contributed by atoms with E-state index in [4.69, 9.17) is 0 Å². The van der Waals surface area contributed by atoms with Gasteiger partial charge in [0.25, 0.3) is 0 Å². The lowest BCUT2D eigenvalue weighted by Crippen LogP contribution is -2.01. The van der Waals surface area contributed by atoms with Gasteiger partial charge in [0.1, 0.15) is 0 Å². The first-order chi connectivity index (χ1) is 15.8. The van der Waals surface area contributed by atoms with Gasteiger partial charge in [0, 0.05) is 0 Å². The second-order valence-corrected chi connectivity index (χ2v) is 13.2. The van der Waals surface area contributed by atoms with Gasteiger partial charge in [0.05, 0.1) is 0 Å². The summed E-state index contributed by atoms with van der Waals surface area (Å²) in [4.78, 5) is 0. The van der Waals surface area contributed by atoms with Crippen LogP contribution < -0.4 is 0 Å². The molecule has 0 aliphatic heterocycles. The summed E-state index contributed by atoms with van der Waals surface area (Å²) in [7, 11) is -0.158. The monoisotopic (exact) mass is 454 g/mol. The number of rotatable bonds is 11. The van der Waals surface area contributed by atoms with E-state index in [0.29, 0.717) is 0 Å². The van der Waals surface area contributed by atoms with Crippen LogP contribution in [-0.2, 0) is 24.6 Å². The van der Waals surface area contributed by atoms with Gasteiger partial charge < -0.3 is 0 Å². The topological polar surface area (TPSA) is 0 Å². The second kappa shape index (κ2) is 12.7. The van der Waals surface area contributed by atoms with Crippen molar-refractivity contribution in [3.8, 4) is 0 Å². The van der Waals surface area contributed by atoms with Crippen molar-refractivity contribution in [3.05, 3.63) is 144 Å². The van der Waals surface area contributed by atoms with E-state index in [1.54, 1.807) is 0 Å². The van der Waals surface area contributed by atoms with Crippen molar-refractivity contribution >= 4 is 15.8 Å². The predicted molar refractivity (Wildman–Crippen MR) is 144 cm³/mol. The van der Waals surface area contributed by atoms with E-state index in [2.05, 4.69) is 121 Å². The van der Waals surface area contributed by atoms with Crippen molar-refractivity contribution < 1.29 is 0 Å². The molecule has 0 heterocycles. The van der Waals surface area contributed by atoms with Gasteiger partial charge in [0.15, 0.2) is 0 Å². The van der Waals surface area contributed by atoms with E-state index >= 15 is 0 Å². The van der Waals surface area contributed by atoms with Gasteiger partial charge in [-0.1, -0.05) is 137 Å². The maximum Gasteiger partial charge on any atom is -0.00700 e. The zero-order valence-electron chi connectivity index (χ0n) is 18.7. The minimum Gasteiger partial charge on any atom is -0.0974 e. The fourth-order valence-electron chi connectivity index (χ4n) is 4.08. The van der Waals surface area contributed by atoms with Crippen LogP contribution in [0.2, 0.25) is 0 Å². The molecule has 4 aromatic rings. The first-order valence-electron chi connectivity index (χ1n) is 11.5. The van der Waals surface area contributed by atoms with Crippen LogP contribution in [0.1, 0.15) is 22.3 Å². The van der Waals surface area contributed by atoms with Crippen LogP contribution in [0.5, 0.6) is 0 Å². The van der Waals surface area contributed by atoms with Crippen molar-refractivity contribution in [2.75, 3.05) is 12.3 Å². The Labute approximate surface area is 196 Å². The summed E-state index contributed by atoms with van der Waals surface area (Å²) in [5.41, 5.74) is 5.96. The van der Waals surface area contributed by atoms with Crippen molar-refractivity contribution in [2.24, 2.45) is 0 Å². The van der Waals surface area contributed by atoms with Crippen LogP contribution in [0.25, 0.3) is 0 Å². The highest BCUT2D eigenvalue weighted by atomic mass is 31.1. The fourth-order valence-corrected chi connectivity index (χ4v) is 10.1. The quantitative estimate of drug-likeness (QED) is 0.199. The molecule has 0 fully saturated rings. The molecule has 0 nitrogen and oxygen atoms in total. The molecule has 162 valence electrons. The molecule has 32 heavy (non-hydrogen) atoms. The Balaban J connectivity index is 1.47. The van der Waals surface area contributed by atoms with E-state index in [1.165, 1.54) is 59.2 Å². The molecule has 0 aliphatic rings. The van der Waals surface area contributed by atoms with Crippen LogP contribution in [0.15, 0.2) is 121 Å². The lowest BCUT2D eigenvalue weighted by Gasteiger charge is -2.23. The van der Waals surface area contributed by atoms with Gasteiger partial charge in [-0.05, 0) is 59.2 Å². The number of hydrogen-bond acceptors (Lipinski definition) is 0. The third kappa shape index (κ3) is 7.70. The minimum atomic E-state index is -0.0788. The van der Waals surface area contributed by atoms with E-state index < -0.39 is 0 Å². The summed E-state index contributed by atoms with van der Waals surface area (Å²) in [5, 5.41) is 0. The Morgan fingerprint density at radius 1 is 0.312 bits per heavy atom. The molecule has 0 radical (unpaired) electrons. The molecule has 4 rings (SSSR count). The van der Waals surface area contributed by atoms with Crippen LogP contribution in [0, 0.1) is 0 Å². The van der Waals surface area contributed by atoms with Crippen molar-refractivity contribution in [3.63, 3.8) is 0 Å². The molecule has 0 bridgehead atoms. The first-order valence-corrected chi connectivity index (χ1v) is 15.2. The molecular formula is C30H32P2. The Morgan fingerprint density at radius 2 is 0.531 bits per heavy atom. The van der Waals surface area contributed by atoms with E-state index in [1.807, 2.05) is 0 Å². The van der Waals surface area contributed by atoms with Gasteiger partial charge >= 0.3 is 0 Å². The number of benzene rings is 4. The minimum absolute atomic E-state index is 0.0788. The molecule has 0 aromatic heterocycles. The van der Waals surface area contributed by atoms with Crippen molar-refractivity contribution in [1.29, 1.82) is 0 Å². The summed E-state index contributed by atoms with van der Waals surface area (Å²) < 4.78 is 0. The Hall–Kier alpha value is -2.26.